The molecule has 0 saturated heterocycles. The number of hydrogen-bond acceptors (Lipinski definition) is 6. The Morgan fingerprint density at radius 2 is 2.12 bits per heavy atom. The monoisotopic (exact) mass is 352 g/mol. The van der Waals surface area contributed by atoms with E-state index >= 15 is 0 Å². The summed E-state index contributed by atoms with van der Waals surface area (Å²) in [5.74, 6) is 1.95. The number of nitrogens with zero attached hydrogens (tertiary/aromatic N) is 2. The number of phenolic OH excluding ortho intramolecular Hbond substituents is 1. The van der Waals surface area contributed by atoms with Crippen LogP contribution in [0, 0.1) is 11.5 Å². The van der Waals surface area contributed by atoms with Gasteiger partial charge in [0.25, 0.3) is 0 Å². The summed E-state index contributed by atoms with van der Waals surface area (Å²) in [6.07, 6.45) is 4.54. The van der Waals surface area contributed by atoms with Crippen LogP contribution >= 0.6 is 0 Å². The zero-order valence-electron chi connectivity index (χ0n) is 14.8. The maximum atomic E-state index is 10.8. The molecule has 0 atom stereocenters. The summed E-state index contributed by atoms with van der Waals surface area (Å²) in [4.78, 5) is 1.61. The Labute approximate surface area is 152 Å². The fourth-order valence-electron chi connectivity index (χ4n) is 3.77. The van der Waals surface area contributed by atoms with Crippen molar-refractivity contribution in [2.45, 2.75) is 19.3 Å². The van der Waals surface area contributed by atoms with Crippen LogP contribution in [0.15, 0.2) is 18.2 Å². The van der Waals surface area contributed by atoms with Crippen LogP contribution < -0.4 is 14.2 Å². The Hall–Kier alpha value is -3.07. The molecule has 26 heavy (non-hydrogen) atoms. The second-order valence-electron chi connectivity index (χ2n) is 6.55. The molecular formula is C20H20N2O4. The normalized spacial score (nSPS) is 13.6. The van der Waals surface area contributed by atoms with Crippen LogP contribution in [0.3, 0.4) is 0 Å². The number of nitriles is 1. The van der Waals surface area contributed by atoms with Crippen LogP contribution in [-0.4, -0.2) is 37.5 Å². The Kier molecular flexibility index (Phi) is 4.00. The van der Waals surface area contributed by atoms with Crippen LogP contribution in [0.4, 0.5) is 0 Å². The van der Waals surface area contributed by atoms with E-state index in [0.717, 1.165) is 47.1 Å². The Morgan fingerprint density at radius 3 is 2.88 bits per heavy atom. The summed E-state index contributed by atoms with van der Waals surface area (Å²) in [7, 11) is 3.31. The molecule has 1 heterocycles. The van der Waals surface area contributed by atoms with Gasteiger partial charge in [-0.2, -0.15) is 5.26 Å². The topological polar surface area (TPSA) is 75.0 Å². The van der Waals surface area contributed by atoms with E-state index in [1.54, 1.807) is 25.1 Å². The van der Waals surface area contributed by atoms with Crippen LogP contribution in [0.5, 0.6) is 23.0 Å². The van der Waals surface area contributed by atoms with Crippen molar-refractivity contribution < 1.29 is 19.3 Å². The minimum Gasteiger partial charge on any atom is -0.504 e. The fraction of sp³-hybridized carbons (Fsp3) is 0.350. The van der Waals surface area contributed by atoms with Gasteiger partial charge < -0.3 is 24.2 Å². The maximum absolute atomic E-state index is 10.8. The van der Waals surface area contributed by atoms with Gasteiger partial charge in [0.15, 0.2) is 29.2 Å². The quantitative estimate of drug-likeness (QED) is 0.674. The molecule has 2 aliphatic rings. The van der Waals surface area contributed by atoms with E-state index in [1.165, 1.54) is 0 Å². The van der Waals surface area contributed by atoms with Gasteiger partial charge in [0, 0.05) is 24.7 Å². The number of rotatable bonds is 4. The highest BCUT2D eigenvalue weighted by Crippen LogP contribution is 2.53. The molecule has 0 unspecified atom stereocenters. The van der Waals surface area contributed by atoms with Crippen molar-refractivity contribution >= 4 is 0 Å². The third-order valence-corrected chi connectivity index (χ3v) is 5.09. The molecule has 0 spiro atoms. The second kappa shape index (κ2) is 6.34. The van der Waals surface area contributed by atoms with E-state index < -0.39 is 0 Å². The van der Waals surface area contributed by atoms with Gasteiger partial charge in [0.1, 0.15) is 0 Å². The average Bonchev–Trinajstić information content (AvgIpc) is 3.14. The number of benzene rings is 2. The van der Waals surface area contributed by atoms with Gasteiger partial charge in [-0.05, 0) is 48.1 Å². The van der Waals surface area contributed by atoms with Gasteiger partial charge in [0.2, 0.25) is 6.79 Å². The summed E-state index contributed by atoms with van der Waals surface area (Å²) in [6.45, 7) is 0.795. The Bertz CT molecular complexity index is 917. The summed E-state index contributed by atoms with van der Waals surface area (Å²) < 4.78 is 16.7. The van der Waals surface area contributed by atoms with Gasteiger partial charge in [-0.25, -0.2) is 0 Å². The average molecular weight is 352 g/mol. The van der Waals surface area contributed by atoms with Gasteiger partial charge >= 0.3 is 0 Å². The lowest BCUT2D eigenvalue weighted by atomic mass is 9.81. The third kappa shape index (κ3) is 2.48. The third-order valence-electron chi connectivity index (χ3n) is 5.09. The predicted octanol–water partition coefficient (Wildman–Crippen LogP) is 2.85. The molecule has 4 rings (SSSR count). The molecule has 6 nitrogen and oxygen atoms in total. The van der Waals surface area contributed by atoms with Crippen molar-refractivity contribution in [1.82, 2.24) is 4.90 Å². The summed E-state index contributed by atoms with van der Waals surface area (Å²) >= 11 is 0. The molecule has 1 aliphatic heterocycles. The molecule has 0 bridgehead atoms. The first kappa shape index (κ1) is 16.4. The maximum Gasteiger partial charge on any atom is 0.231 e. The second-order valence-corrected chi connectivity index (χ2v) is 6.55. The number of aryl methyl sites for hydroxylation is 1. The number of hydrogen-bond donors (Lipinski definition) is 1. The number of ether oxygens (including phenoxy) is 3. The van der Waals surface area contributed by atoms with Crippen molar-refractivity contribution in [1.29, 1.82) is 5.26 Å². The lowest BCUT2D eigenvalue weighted by Gasteiger charge is -2.25. The van der Waals surface area contributed by atoms with Gasteiger partial charge in [-0.3, -0.25) is 0 Å². The van der Waals surface area contributed by atoms with E-state index in [1.807, 2.05) is 12.1 Å². The summed E-state index contributed by atoms with van der Waals surface area (Å²) in [5.41, 5.74) is 5.01. The van der Waals surface area contributed by atoms with E-state index in [0.29, 0.717) is 23.8 Å². The van der Waals surface area contributed by atoms with Crippen LogP contribution in [-0.2, 0) is 19.3 Å². The molecule has 0 saturated carbocycles. The van der Waals surface area contributed by atoms with Gasteiger partial charge in [0.05, 0.1) is 7.11 Å². The molecule has 0 amide bonds. The molecule has 2 aromatic rings. The lowest BCUT2D eigenvalue weighted by molar-refractivity contribution is 0.174. The minimum atomic E-state index is 0.134. The first-order valence-electron chi connectivity index (χ1n) is 8.58. The molecule has 0 fully saturated rings. The zero-order valence-corrected chi connectivity index (χ0v) is 14.8. The largest absolute Gasteiger partial charge is 0.504 e. The highest BCUT2D eigenvalue weighted by atomic mass is 16.7. The smallest absolute Gasteiger partial charge is 0.231 e. The minimum absolute atomic E-state index is 0.134. The van der Waals surface area contributed by atoms with Crippen molar-refractivity contribution in [2.24, 2.45) is 0 Å². The number of phenols is 1. The molecule has 1 N–H and O–H groups in total. The SMILES string of the molecule is COc1ccc2c(c1O)-c1c(c(CCN(C)C#N)cc3c1OCO3)CC2. The highest BCUT2D eigenvalue weighted by molar-refractivity contribution is 5.87. The Morgan fingerprint density at radius 1 is 1.27 bits per heavy atom. The zero-order chi connectivity index (χ0) is 18.3. The Balaban J connectivity index is 1.90. The van der Waals surface area contributed by atoms with Gasteiger partial charge in [-0.15, -0.1) is 0 Å². The standard InChI is InChI=1S/C20H20N2O4/c1-22(10-21)8-7-13-9-16-20(26-11-25-16)18-14(13)5-3-12-4-6-15(24-2)19(23)17(12)18/h4,6,9,23H,3,5,7-8,11H2,1-2H3. The number of likely N-dealkylation sites (N-methyl/N-ethyl adjacent to an activating group) is 1. The molecular weight excluding hydrogens is 332 g/mol. The highest BCUT2D eigenvalue weighted by Gasteiger charge is 2.31. The predicted molar refractivity (Wildman–Crippen MR) is 95.6 cm³/mol. The molecule has 6 heteroatoms. The van der Waals surface area contributed by atoms with Crippen molar-refractivity contribution in [2.75, 3.05) is 27.5 Å². The van der Waals surface area contributed by atoms with Crippen LogP contribution in [0.1, 0.15) is 16.7 Å². The van der Waals surface area contributed by atoms with E-state index in [9.17, 15) is 5.11 Å². The fourth-order valence-corrected chi connectivity index (χ4v) is 3.77. The van der Waals surface area contributed by atoms with Crippen molar-refractivity contribution in [3.63, 3.8) is 0 Å². The van der Waals surface area contributed by atoms with Crippen molar-refractivity contribution in [3.8, 4) is 40.3 Å². The van der Waals surface area contributed by atoms with E-state index in [4.69, 9.17) is 19.5 Å². The van der Waals surface area contributed by atoms with E-state index in [-0.39, 0.29) is 12.5 Å². The van der Waals surface area contributed by atoms with E-state index in [2.05, 4.69) is 6.19 Å². The first-order chi connectivity index (χ1) is 12.6. The lowest BCUT2D eigenvalue weighted by Crippen LogP contribution is -2.16. The number of aromatic hydroxyl groups is 1. The molecule has 0 aromatic heterocycles. The van der Waals surface area contributed by atoms with Crippen LogP contribution in [0.25, 0.3) is 11.1 Å². The van der Waals surface area contributed by atoms with Gasteiger partial charge in [-0.1, -0.05) is 6.07 Å². The summed E-state index contributed by atoms with van der Waals surface area (Å²) in [5, 5.41) is 19.8. The van der Waals surface area contributed by atoms with Crippen molar-refractivity contribution in [3.05, 3.63) is 34.9 Å². The van der Waals surface area contributed by atoms with Crippen LogP contribution in [0.2, 0.25) is 0 Å². The molecule has 134 valence electrons. The summed E-state index contributed by atoms with van der Waals surface area (Å²) in [6, 6.07) is 5.80. The number of methoxy groups -OCH3 is 1. The number of fused-ring (bicyclic) bond motifs is 5. The first-order valence-corrected chi connectivity index (χ1v) is 8.58. The molecule has 1 aliphatic carbocycles. The molecule has 0 radical (unpaired) electrons. The molecule has 2 aromatic carbocycles.